The number of nitrogens with zero attached hydrogens (tertiary/aromatic N) is 1. The number of rotatable bonds is 5. The number of hydrogen-bond acceptors (Lipinski definition) is 3. The molecule has 0 spiro atoms. The van der Waals surface area contributed by atoms with E-state index in [0.29, 0.717) is 19.4 Å². The Balaban J connectivity index is 2.15. The molecule has 1 atom stereocenters. The summed E-state index contributed by atoms with van der Waals surface area (Å²) in [4.78, 5) is 13.2. The third kappa shape index (κ3) is 2.42. The quantitative estimate of drug-likeness (QED) is 0.755. The molecule has 1 aromatic carbocycles. The molecular formula is C13H17NO3. The minimum absolute atomic E-state index is 0.160. The maximum atomic E-state index is 11.2. The van der Waals surface area contributed by atoms with Gasteiger partial charge in [0.1, 0.15) is 6.04 Å². The molecule has 1 heterocycles. The third-order valence-electron chi connectivity index (χ3n) is 3.18. The van der Waals surface area contributed by atoms with Crippen LogP contribution < -0.4 is 4.90 Å². The Morgan fingerprint density at radius 1 is 1.35 bits per heavy atom. The molecule has 0 amide bonds. The molecule has 1 unspecified atom stereocenters. The molecule has 0 radical (unpaired) electrons. The monoisotopic (exact) mass is 235 g/mol. The van der Waals surface area contributed by atoms with Crippen molar-refractivity contribution in [2.24, 2.45) is 0 Å². The highest BCUT2D eigenvalue weighted by Crippen LogP contribution is 2.32. The Hall–Kier alpha value is -1.55. The van der Waals surface area contributed by atoms with Crippen molar-refractivity contribution in [2.75, 3.05) is 18.1 Å². The average molecular weight is 235 g/mol. The summed E-state index contributed by atoms with van der Waals surface area (Å²) in [5.74, 6) is -0.773. The Morgan fingerprint density at radius 2 is 2.12 bits per heavy atom. The molecule has 92 valence electrons. The minimum atomic E-state index is -0.773. The average Bonchev–Trinajstić information content (AvgIpc) is 2.69. The smallest absolute Gasteiger partial charge is 0.326 e. The number of benzene rings is 1. The first-order chi connectivity index (χ1) is 8.24. The molecule has 1 aliphatic heterocycles. The van der Waals surface area contributed by atoms with Crippen molar-refractivity contribution >= 4 is 11.7 Å². The topological polar surface area (TPSA) is 60.8 Å². The van der Waals surface area contributed by atoms with Crippen LogP contribution in [0.5, 0.6) is 0 Å². The van der Waals surface area contributed by atoms with Gasteiger partial charge in [0.25, 0.3) is 0 Å². The van der Waals surface area contributed by atoms with Crippen LogP contribution in [0.4, 0.5) is 5.69 Å². The van der Waals surface area contributed by atoms with Crippen molar-refractivity contribution in [1.82, 2.24) is 0 Å². The lowest BCUT2D eigenvalue weighted by Gasteiger charge is -2.24. The van der Waals surface area contributed by atoms with E-state index in [1.165, 1.54) is 0 Å². The predicted molar refractivity (Wildman–Crippen MR) is 65.2 cm³/mol. The highest BCUT2D eigenvalue weighted by Gasteiger charge is 2.33. The van der Waals surface area contributed by atoms with Crippen molar-refractivity contribution in [1.29, 1.82) is 0 Å². The largest absolute Gasteiger partial charge is 0.480 e. The van der Waals surface area contributed by atoms with Crippen molar-refractivity contribution in [3.63, 3.8) is 0 Å². The zero-order valence-corrected chi connectivity index (χ0v) is 9.67. The number of carboxylic acids is 1. The summed E-state index contributed by atoms with van der Waals surface area (Å²) in [5, 5.41) is 18.0. The number of anilines is 1. The maximum absolute atomic E-state index is 11.2. The summed E-state index contributed by atoms with van der Waals surface area (Å²) in [5.41, 5.74) is 2.13. The van der Waals surface area contributed by atoms with E-state index in [1.54, 1.807) is 0 Å². The molecule has 0 aliphatic carbocycles. The van der Waals surface area contributed by atoms with Gasteiger partial charge in [0.05, 0.1) is 0 Å². The maximum Gasteiger partial charge on any atom is 0.326 e. The van der Waals surface area contributed by atoms with Gasteiger partial charge < -0.3 is 15.1 Å². The van der Waals surface area contributed by atoms with Crippen LogP contribution in [-0.4, -0.2) is 35.4 Å². The molecule has 1 aromatic rings. The summed E-state index contributed by atoms with van der Waals surface area (Å²) in [7, 11) is 0. The van der Waals surface area contributed by atoms with Gasteiger partial charge in [-0.2, -0.15) is 0 Å². The van der Waals surface area contributed by atoms with E-state index in [2.05, 4.69) is 0 Å². The second kappa shape index (κ2) is 5.19. The number of carbonyl (C=O) groups is 1. The van der Waals surface area contributed by atoms with Gasteiger partial charge in [0.15, 0.2) is 0 Å². The van der Waals surface area contributed by atoms with Gasteiger partial charge in [-0.15, -0.1) is 0 Å². The Kier molecular flexibility index (Phi) is 3.64. The van der Waals surface area contributed by atoms with Crippen LogP contribution in [0, 0.1) is 0 Å². The van der Waals surface area contributed by atoms with Crippen molar-refractivity contribution in [3.05, 3.63) is 29.8 Å². The first-order valence-corrected chi connectivity index (χ1v) is 5.92. The molecule has 0 bridgehead atoms. The molecule has 0 saturated heterocycles. The minimum Gasteiger partial charge on any atom is -0.480 e. The van der Waals surface area contributed by atoms with Crippen LogP contribution in [0.1, 0.15) is 18.4 Å². The molecule has 1 aliphatic rings. The van der Waals surface area contributed by atoms with Crippen LogP contribution in [0.2, 0.25) is 0 Å². The number of hydrogen-bond donors (Lipinski definition) is 2. The SMILES string of the molecule is O=C(O)C1Cc2ccccc2N1CCCCO. The number of unbranched alkanes of at least 4 members (excludes halogenated alkanes) is 1. The highest BCUT2D eigenvalue weighted by atomic mass is 16.4. The zero-order chi connectivity index (χ0) is 12.3. The predicted octanol–water partition coefficient (Wildman–Crippen LogP) is 1.27. The van der Waals surface area contributed by atoms with E-state index < -0.39 is 12.0 Å². The molecule has 2 N–H and O–H groups in total. The third-order valence-corrected chi connectivity index (χ3v) is 3.18. The van der Waals surface area contributed by atoms with Gasteiger partial charge in [-0.1, -0.05) is 18.2 Å². The summed E-state index contributed by atoms with van der Waals surface area (Å²) >= 11 is 0. The zero-order valence-electron chi connectivity index (χ0n) is 9.67. The van der Waals surface area contributed by atoms with Crippen molar-refractivity contribution < 1.29 is 15.0 Å². The van der Waals surface area contributed by atoms with Crippen molar-refractivity contribution in [3.8, 4) is 0 Å². The van der Waals surface area contributed by atoms with Crippen LogP contribution >= 0.6 is 0 Å². The summed E-state index contributed by atoms with van der Waals surface area (Å²) in [6.07, 6.45) is 2.10. The fourth-order valence-corrected chi connectivity index (χ4v) is 2.34. The molecular weight excluding hydrogens is 218 g/mol. The lowest BCUT2D eigenvalue weighted by Crippen LogP contribution is -2.39. The van der Waals surface area contributed by atoms with E-state index in [4.69, 9.17) is 5.11 Å². The molecule has 0 saturated carbocycles. The molecule has 17 heavy (non-hydrogen) atoms. The van der Waals surface area contributed by atoms with Crippen LogP contribution in [-0.2, 0) is 11.2 Å². The highest BCUT2D eigenvalue weighted by molar-refractivity contribution is 5.82. The fraction of sp³-hybridized carbons (Fsp3) is 0.462. The lowest BCUT2D eigenvalue weighted by molar-refractivity contribution is -0.138. The Labute approximate surface area is 100 Å². The van der Waals surface area contributed by atoms with E-state index in [0.717, 1.165) is 17.7 Å². The first kappa shape index (κ1) is 11.9. The van der Waals surface area contributed by atoms with E-state index in [1.807, 2.05) is 29.2 Å². The molecule has 0 aromatic heterocycles. The van der Waals surface area contributed by atoms with Gasteiger partial charge in [0.2, 0.25) is 0 Å². The Morgan fingerprint density at radius 3 is 2.82 bits per heavy atom. The fourth-order valence-electron chi connectivity index (χ4n) is 2.34. The van der Waals surface area contributed by atoms with Crippen LogP contribution in [0.3, 0.4) is 0 Å². The summed E-state index contributed by atoms with van der Waals surface area (Å²) in [6.45, 7) is 0.849. The second-order valence-corrected chi connectivity index (χ2v) is 4.31. The molecule has 0 fully saturated rings. The molecule has 4 nitrogen and oxygen atoms in total. The van der Waals surface area contributed by atoms with Crippen LogP contribution in [0.15, 0.2) is 24.3 Å². The van der Waals surface area contributed by atoms with Gasteiger partial charge in [0, 0.05) is 25.3 Å². The standard InChI is InChI=1S/C13H17NO3/c15-8-4-3-7-14-11-6-2-1-5-10(11)9-12(14)13(16)17/h1-2,5-6,12,15H,3-4,7-9H2,(H,16,17). The number of aliphatic carboxylic acids is 1. The van der Waals surface area contributed by atoms with Gasteiger partial charge in [-0.3, -0.25) is 0 Å². The second-order valence-electron chi connectivity index (χ2n) is 4.31. The number of fused-ring (bicyclic) bond motifs is 1. The number of aliphatic hydroxyl groups is 1. The van der Waals surface area contributed by atoms with Crippen LogP contribution in [0.25, 0.3) is 0 Å². The van der Waals surface area contributed by atoms with Gasteiger partial charge in [-0.05, 0) is 24.5 Å². The van der Waals surface area contributed by atoms with Gasteiger partial charge >= 0.3 is 5.97 Å². The Bertz CT molecular complexity index is 405. The van der Waals surface area contributed by atoms with E-state index in [9.17, 15) is 9.90 Å². The van der Waals surface area contributed by atoms with E-state index in [-0.39, 0.29) is 6.61 Å². The summed E-state index contributed by atoms with van der Waals surface area (Å²) in [6, 6.07) is 7.37. The number of carboxylic acid groups (broad SMARTS) is 1. The molecule has 4 heteroatoms. The number of aliphatic hydroxyl groups excluding tert-OH is 1. The molecule has 2 rings (SSSR count). The normalized spacial score (nSPS) is 18.2. The van der Waals surface area contributed by atoms with Gasteiger partial charge in [-0.25, -0.2) is 4.79 Å². The number of para-hydroxylation sites is 1. The van der Waals surface area contributed by atoms with Crippen molar-refractivity contribution in [2.45, 2.75) is 25.3 Å². The lowest BCUT2D eigenvalue weighted by atomic mass is 10.1. The van der Waals surface area contributed by atoms with E-state index >= 15 is 0 Å². The summed E-state index contributed by atoms with van der Waals surface area (Å²) < 4.78 is 0. The first-order valence-electron chi connectivity index (χ1n) is 5.92.